The summed E-state index contributed by atoms with van der Waals surface area (Å²) in [7, 11) is 0. The van der Waals surface area contributed by atoms with Crippen LogP contribution in [0.25, 0.3) is 0 Å². The first-order valence-corrected chi connectivity index (χ1v) is 4.57. The molecule has 1 saturated heterocycles. The Morgan fingerprint density at radius 3 is 2.92 bits per heavy atom. The highest BCUT2D eigenvalue weighted by Gasteiger charge is 2.47. The lowest BCUT2D eigenvalue weighted by atomic mass is 9.71. The molecule has 68 valence electrons. The van der Waals surface area contributed by atoms with Crippen molar-refractivity contribution in [3.05, 3.63) is 0 Å². The Balaban J connectivity index is 2.12. The quantitative estimate of drug-likeness (QED) is 0.548. The fourth-order valence-electron chi connectivity index (χ4n) is 2.28. The molecule has 2 rings (SSSR count). The van der Waals surface area contributed by atoms with Crippen molar-refractivity contribution in [3.63, 3.8) is 0 Å². The number of aliphatic hydroxyl groups excluding tert-OH is 1. The number of carbonyl (C=O) groups is 1. The van der Waals surface area contributed by atoms with Crippen LogP contribution in [-0.2, 0) is 9.53 Å². The lowest BCUT2D eigenvalue weighted by molar-refractivity contribution is -0.137. The first-order valence-electron chi connectivity index (χ1n) is 4.57. The predicted octanol–water partition coefficient (Wildman–Crippen LogP) is 0.855. The van der Waals surface area contributed by atoms with Gasteiger partial charge in [-0.25, -0.2) is 0 Å². The molecule has 1 spiro atoms. The number of hydrogen-bond acceptors (Lipinski definition) is 3. The summed E-state index contributed by atoms with van der Waals surface area (Å²) >= 11 is 0. The summed E-state index contributed by atoms with van der Waals surface area (Å²) in [5.74, 6) is -0.143. The van der Waals surface area contributed by atoms with E-state index in [1.54, 1.807) is 0 Å². The topological polar surface area (TPSA) is 46.5 Å². The summed E-state index contributed by atoms with van der Waals surface area (Å²) in [6.07, 6.45) is 4.08. The van der Waals surface area contributed by atoms with E-state index in [4.69, 9.17) is 4.74 Å². The van der Waals surface area contributed by atoms with E-state index in [9.17, 15) is 9.90 Å². The first kappa shape index (κ1) is 8.05. The summed E-state index contributed by atoms with van der Waals surface area (Å²) in [5.41, 5.74) is -0.213. The molecule has 2 unspecified atom stereocenters. The number of aliphatic hydroxyl groups is 1. The molecule has 0 aromatic carbocycles. The third-order valence-corrected chi connectivity index (χ3v) is 3.13. The Morgan fingerprint density at radius 1 is 1.50 bits per heavy atom. The van der Waals surface area contributed by atoms with Crippen molar-refractivity contribution < 1.29 is 14.6 Å². The number of hydrogen-bond donors (Lipinski definition) is 1. The maximum Gasteiger partial charge on any atom is 0.306 e. The largest absolute Gasteiger partial charge is 0.465 e. The van der Waals surface area contributed by atoms with E-state index in [1.807, 2.05) is 0 Å². The molecule has 3 nitrogen and oxygen atoms in total. The maximum absolute atomic E-state index is 10.9. The van der Waals surface area contributed by atoms with Crippen molar-refractivity contribution in [3.8, 4) is 0 Å². The Labute approximate surface area is 71.7 Å². The molecule has 1 aliphatic heterocycles. The standard InChI is InChI=1S/C9H14O3/c10-7-3-1-2-4-9(7)5-8(11)12-6-9/h7,10H,1-6H2. The van der Waals surface area contributed by atoms with E-state index < -0.39 is 0 Å². The van der Waals surface area contributed by atoms with Gasteiger partial charge in [0.15, 0.2) is 0 Å². The Kier molecular flexibility index (Phi) is 1.83. The van der Waals surface area contributed by atoms with Crippen LogP contribution in [0.1, 0.15) is 32.1 Å². The molecular formula is C9H14O3. The Bertz CT molecular complexity index is 202. The van der Waals surface area contributed by atoms with Gasteiger partial charge in [-0.05, 0) is 12.8 Å². The Morgan fingerprint density at radius 2 is 2.33 bits per heavy atom. The second-order valence-corrected chi connectivity index (χ2v) is 3.96. The molecule has 0 radical (unpaired) electrons. The maximum atomic E-state index is 10.9. The zero-order valence-electron chi connectivity index (χ0n) is 7.08. The molecule has 0 aromatic heterocycles. The van der Waals surface area contributed by atoms with Crippen molar-refractivity contribution in [2.75, 3.05) is 6.61 Å². The van der Waals surface area contributed by atoms with Crippen molar-refractivity contribution in [2.24, 2.45) is 5.41 Å². The summed E-state index contributed by atoms with van der Waals surface area (Å²) in [4.78, 5) is 10.9. The highest BCUT2D eigenvalue weighted by Crippen LogP contribution is 2.43. The highest BCUT2D eigenvalue weighted by molar-refractivity contribution is 5.72. The van der Waals surface area contributed by atoms with Gasteiger partial charge in [0.2, 0.25) is 0 Å². The summed E-state index contributed by atoms with van der Waals surface area (Å²) in [6, 6.07) is 0. The van der Waals surface area contributed by atoms with Gasteiger partial charge in [0.1, 0.15) is 0 Å². The smallest absolute Gasteiger partial charge is 0.306 e. The summed E-state index contributed by atoms with van der Waals surface area (Å²) in [5, 5.41) is 9.75. The zero-order valence-corrected chi connectivity index (χ0v) is 7.08. The van der Waals surface area contributed by atoms with Crippen LogP contribution in [0.2, 0.25) is 0 Å². The molecule has 2 fully saturated rings. The monoisotopic (exact) mass is 170 g/mol. The molecule has 12 heavy (non-hydrogen) atoms. The van der Waals surface area contributed by atoms with Gasteiger partial charge >= 0.3 is 5.97 Å². The number of rotatable bonds is 0. The van der Waals surface area contributed by atoms with Crippen LogP contribution in [0.3, 0.4) is 0 Å². The van der Waals surface area contributed by atoms with Crippen LogP contribution >= 0.6 is 0 Å². The lowest BCUT2D eigenvalue weighted by Crippen LogP contribution is -2.38. The first-order chi connectivity index (χ1) is 5.73. The minimum absolute atomic E-state index is 0.143. The lowest BCUT2D eigenvalue weighted by Gasteiger charge is -2.35. The Hall–Kier alpha value is -0.570. The van der Waals surface area contributed by atoms with Gasteiger partial charge in [0.25, 0.3) is 0 Å². The molecule has 0 amide bonds. The van der Waals surface area contributed by atoms with Gasteiger partial charge in [0, 0.05) is 5.41 Å². The van der Waals surface area contributed by atoms with Crippen LogP contribution in [0.5, 0.6) is 0 Å². The van der Waals surface area contributed by atoms with E-state index in [1.165, 1.54) is 0 Å². The van der Waals surface area contributed by atoms with Gasteiger partial charge < -0.3 is 9.84 Å². The highest BCUT2D eigenvalue weighted by atomic mass is 16.5. The molecule has 2 atom stereocenters. The van der Waals surface area contributed by atoms with Gasteiger partial charge in [-0.2, -0.15) is 0 Å². The van der Waals surface area contributed by atoms with Crippen LogP contribution in [-0.4, -0.2) is 23.8 Å². The molecule has 1 aliphatic carbocycles. The molecule has 0 aromatic rings. The third-order valence-electron chi connectivity index (χ3n) is 3.13. The zero-order chi connectivity index (χ0) is 8.60. The normalized spacial score (nSPS) is 41.8. The van der Waals surface area contributed by atoms with E-state index >= 15 is 0 Å². The molecule has 1 N–H and O–H groups in total. The molecule has 1 heterocycles. The van der Waals surface area contributed by atoms with Gasteiger partial charge in [0.05, 0.1) is 19.1 Å². The summed E-state index contributed by atoms with van der Waals surface area (Å²) < 4.78 is 4.92. The van der Waals surface area contributed by atoms with Gasteiger partial charge in [-0.1, -0.05) is 12.8 Å². The molecule has 2 aliphatic rings. The van der Waals surface area contributed by atoms with E-state index in [0.29, 0.717) is 13.0 Å². The van der Waals surface area contributed by atoms with Crippen LogP contribution in [0.15, 0.2) is 0 Å². The van der Waals surface area contributed by atoms with Crippen molar-refractivity contribution in [1.29, 1.82) is 0 Å². The van der Waals surface area contributed by atoms with Crippen LogP contribution in [0, 0.1) is 5.41 Å². The SMILES string of the molecule is O=C1CC2(CCCCC2O)CO1. The van der Waals surface area contributed by atoms with Crippen LogP contribution < -0.4 is 0 Å². The summed E-state index contributed by atoms with van der Waals surface area (Å²) in [6.45, 7) is 0.438. The second-order valence-electron chi connectivity index (χ2n) is 3.96. The third kappa shape index (κ3) is 1.12. The molecule has 0 bridgehead atoms. The van der Waals surface area contributed by atoms with Crippen molar-refractivity contribution in [2.45, 2.75) is 38.2 Å². The second kappa shape index (κ2) is 2.73. The van der Waals surface area contributed by atoms with Gasteiger partial charge in [-0.15, -0.1) is 0 Å². The minimum atomic E-state index is -0.322. The van der Waals surface area contributed by atoms with Crippen LogP contribution in [0.4, 0.5) is 0 Å². The average Bonchev–Trinajstić information content (AvgIpc) is 2.41. The predicted molar refractivity (Wildman–Crippen MR) is 42.5 cm³/mol. The van der Waals surface area contributed by atoms with Crippen molar-refractivity contribution in [1.82, 2.24) is 0 Å². The molecular weight excluding hydrogens is 156 g/mol. The molecule has 1 saturated carbocycles. The van der Waals surface area contributed by atoms with E-state index in [0.717, 1.165) is 25.7 Å². The average molecular weight is 170 g/mol. The fourth-order valence-corrected chi connectivity index (χ4v) is 2.28. The number of ether oxygens (including phenoxy) is 1. The fraction of sp³-hybridized carbons (Fsp3) is 0.889. The number of esters is 1. The van der Waals surface area contributed by atoms with Crippen molar-refractivity contribution >= 4 is 5.97 Å². The molecule has 3 heteroatoms. The van der Waals surface area contributed by atoms with Gasteiger partial charge in [-0.3, -0.25) is 4.79 Å². The van der Waals surface area contributed by atoms with E-state index in [-0.39, 0.29) is 17.5 Å². The number of cyclic esters (lactones) is 1. The number of carbonyl (C=O) groups excluding carboxylic acids is 1. The minimum Gasteiger partial charge on any atom is -0.465 e. The van der Waals surface area contributed by atoms with E-state index in [2.05, 4.69) is 0 Å².